The Bertz CT molecular complexity index is 469. The Balaban J connectivity index is 1.62. The summed E-state index contributed by atoms with van der Waals surface area (Å²) in [7, 11) is 0. The van der Waals surface area contributed by atoms with Crippen molar-refractivity contribution in [2.24, 2.45) is 5.84 Å². The Morgan fingerprint density at radius 2 is 2.10 bits per heavy atom. The minimum absolute atomic E-state index is 0.0720. The fourth-order valence-electron chi connectivity index (χ4n) is 3.12. The fourth-order valence-corrected chi connectivity index (χ4v) is 3.12. The van der Waals surface area contributed by atoms with Crippen molar-refractivity contribution in [3.05, 3.63) is 23.9 Å². The molecule has 1 aromatic rings. The van der Waals surface area contributed by atoms with Crippen LogP contribution in [0.2, 0.25) is 0 Å². The van der Waals surface area contributed by atoms with Gasteiger partial charge in [0.1, 0.15) is 5.82 Å². The maximum atomic E-state index is 12.4. The first-order valence-corrected chi connectivity index (χ1v) is 7.24. The lowest BCUT2D eigenvalue weighted by Crippen LogP contribution is -2.37. The van der Waals surface area contributed by atoms with Crippen LogP contribution in [-0.2, 0) is 0 Å². The number of hydrazine groups is 1. The molecule has 2 fully saturated rings. The van der Waals surface area contributed by atoms with Gasteiger partial charge in [-0.25, -0.2) is 10.8 Å². The highest BCUT2D eigenvalue weighted by atomic mass is 16.2. The van der Waals surface area contributed by atoms with Crippen molar-refractivity contribution in [3.8, 4) is 0 Å². The number of anilines is 1. The summed E-state index contributed by atoms with van der Waals surface area (Å²) in [6.45, 7) is 4.06. The van der Waals surface area contributed by atoms with Crippen molar-refractivity contribution in [2.75, 3.05) is 31.6 Å². The first kappa shape index (κ1) is 13.3. The van der Waals surface area contributed by atoms with Crippen LogP contribution in [0.25, 0.3) is 0 Å². The number of carbonyl (C=O) groups is 1. The smallest absolute Gasteiger partial charge is 0.255 e. The molecule has 108 valence electrons. The van der Waals surface area contributed by atoms with Gasteiger partial charge in [-0.15, -0.1) is 0 Å². The van der Waals surface area contributed by atoms with E-state index in [2.05, 4.69) is 15.3 Å². The Morgan fingerprint density at radius 1 is 1.30 bits per heavy atom. The average Bonchev–Trinajstić information content (AvgIpc) is 3.17. The van der Waals surface area contributed by atoms with E-state index < -0.39 is 0 Å². The molecule has 6 heteroatoms. The van der Waals surface area contributed by atoms with E-state index in [1.54, 1.807) is 18.3 Å². The number of nitrogens with one attached hydrogen (secondary N) is 1. The highest BCUT2D eigenvalue weighted by Crippen LogP contribution is 2.21. The fraction of sp³-hybridized carbons (Fsp3) is 0.571. The van der Waals surface area contributed by atoms with Crippen molar-refractivity contribution in [1.29, 1.82) is 0 Å². The molecule has 1 unspecified atom stereocenters. The summed E-state index contributed by atoms with van der Waals surface area (Å²) < 4.78 is 0. The third-order valence-corrected chi connectivity index (χ3v) is 4.27. The van der Waals surface area contributed by atoms with Gasteiger partial charge in [0.25, 0.3) is 5.91 Å². The number of hydrogen-bond donors (Lipinski definition) is 2. The molecule has 3 N–H and O–H groups in total. The number of hydrogen-bond acceptors (Lipinski definition) is 5. The van der Waals surface area contributed by atoms with Gasteiger partial charge in [-0.2, -0.15) is 0 Å². The van der Waals surface area contributed by atoms with Crippen molar-refractivity contribution in [3.63, 3.8) is 0 Å². The summed E-state index contributed by atoms with van der Waals surface area (Å²) in [6, 6.07) is 4.04. The molecule has 1 amide bonds. The summed E-state index contributed by atoms with van der Waals surface area (Å²) in [4.78, 5) is 21.0. The number of carbonyl (C=O) groups excluding carboxylic acids is 1. The van der Waals surface area contributed by atoms with Crippen molar-refractivity contribution < 1.29 is 4.79 Å². The second kappa shape index (κ2) is 5.76. The summed E-state index contributed by atoms with van der Waals surface area (Å²) in [5.74, 6) is 5.91. The molecule has 3 heterocycles. The lowest BCUT2D eigenvalue weighted by Gasteiger charge is -2.23. The molecular weight excluding hydrogens is 254 g/mol. The zero-order valence-corrected chi connectivity index (χ0v) is 11.6. The van der Waals surface area contributed by atoms with Gasteiger partial charge in [0.2, 0.25) is 0 Å². The van der Waals surface area contributed by atoms with Gasteiger partial charge in [0.05, 0.1) is 5.56 Å². The van der Waals surface area contributed by atoms with Crippen LogP contribution in [0.3, 0.4) is 0 Å². The first-order valence-electron chi connectivity index (χ1n) is 7.24. The van der Waals surface area contributed by atoms with E-state index in [0.717, 1.165) is 19.5 Å². The molecule has 2 aliphatic heterocycles. The molecule has 0 radical (unpaired) electrons. The molecular formula is C14H21N5O. The number of pyridine rings is 1. The van der Waals surface area contributed by atoms with Gasteiger partial charge >= 0.3 is 0 Å². The zero-order valence-electron chi connectivity index (χ0n) is 11.6. The van der Waals surface area contributed by atoms with Gasteiger partial charge in [-0.1, -0.05) is 0 Å². The minimum Gasteiger partial charge on any atom is -0.337 e. The van der Waals surface area contributed by atoms with Crippen molar-refractivity contribution in [2.45, 2.75) is 25.3 Å². The third-order valence-electron chi connectivity index (χ3n) is 4.27. The van der Waals surface area contributed by atoms with Crippen molar-refractivity contribution >= 4 is 11.7 Å². The summed E-state index contributed by atoms with van der Waals surface area (Å²) in [6.07, 6.45) is 5.26. The van der Waals surface area contributed by atoms with E-state index in [-0.39, 0.29) is 5.91 Å². The molecule has 6 nitrogen and oxygen atoms in total. The van der Waals surface area contributed by atoms with Crippen LogP contribution in [0.1, 0.15) is 29.6 Å². The van der Waals surface area contributed by atoms with Crippen LogP contribution in [0, 0.1) is 0 Å². The van der Waals surface area contributed by atoms with Crippen LogP contribution in [-0.4, -0.2) is 52.9 Å². The maximum absolute atomic E-state index is 12.4. The monoisotopic (exact) mass is 275 g/mol. The predicted octanol–water partition coefficient (Wildman–Crippen LogP) is 0.677. The summed E-state index contributed by atoms with van der Waals surface area (Å²) in [5.41, 5.74) is 3.09. The van der Waals surface area contributed by atoms with Crippen LogP contribution in [0.4, 0.5) is 5.82 Å². The minimum atomic E-state index is 0.0720. The molecule has 2 aliphatic rings. The number of nitrogens with two attached hydrogens (primary N) is 1. The highest BCUT2D eigenvalue weighted by molar-refractivity contribution is 5.94. The van der Waals surface area contributed by atoms with Crippen LogP contribution < -0.4 is 11.3 Å². The van der Waals surface area contributed by atoms with Gasteiger partial charge < -0.3 is 10.3 Å². The number of nitrogen functional groups attached to an aromatic ring is 1. The summed E-state index contributed by atoms with van der Waals surface area (Å²) >= 11 is 0. The quantitative estimate of drug-likeness (QED) is 0.627. The Morgan fingerprint density at radius 3 is 2.75 bits per heavy atom. The SMILES string of the molecule is NNc1ccc(C(=O)N2CCC(N3CCCC3)C2)cn1. The normalized spacial score (nSPS) is 23.2. The molecule has 0 aromatic carbocycles. The number of aromatic nitrogens is 1. The van der Waals surface area contributed by atoms with Crippen LogP contribution in [0.5, 0.6) is 0 Å². The molecule has 1 aromatic heterocycles. The molecule has 3 rings (SSSR count). The van der Waals surface area contributed by atoms with E-state index in [0.29, 0.717) is 17.4 Å². The van der Waals surface area contributed by atoms with E-state index in [1.165, 1.54) is 25.9 Å². The number of rotatable bonds is 3. The number of amides is 1. The Labute approximate surface area is 118 Å². The standard InChI is InChI=1S/C14H21N5O/c15-17-13-4-3-11(9-16-13)14(20)19-8-5-12(10-19)18-6-1-2-7-18/h3-4,9,12H,1-2,5-8,10,15H2,(H,16,17). The second-order valence-electron chi connectivity index (χ2n) is 5.51. The van der Waals surface area contributed by atoms with Crippen LogP contribution >= 0.6 is 0 Å². The molecule has 0 aliphatic carbocycles. The van der Waals surface area contributed by atoms with Gasteiger partial charge in [-0.3, -0.25) is 9.69 Å². The van der Waals surface area contributed by atoms with Crippen LogP contribution in [0.15, 0.2) is 18.3 Å². The lowest BCUT2D eigenvalue weighted by atomic mass is 10.2. The predicted molar refractivity (Wildman–Crippen MR) is 77.2 cm³/mol. The second-order valence-corrected chi connectivity index (χ2v) is 5.51. The first-order chi connectivity index (χ1) is 9.78. The molecule has 20 heavy (non-hydrogen) atoms. The molecule has 2 saturated heterocycles. The molecule has 0 bridgehead atoms. The molecule has 0 saturated carbocycles. The van der Waals surface area contributed by atoms with E-state index in [1.807, 2.05) is 4.90 Å². The molecule has 0 spiro atoms. The maximum Gasteiger partial charge on any atom is 0.255 e. The molecule has 1 atom stereocenters. The third kappa shape index (κ3) is 2.62. The Hall–Kier alpha value is -1.66. The largest absolute Gasteiger partial charge is 0.337 e. The Kier molecular flexibility index (Phi) is 3.84. The van der Waals surface area contributed by atoms with Gasteiger partial charge in [0.15, 0.2) is 0 Å². The number of nitrogens with zero attached hydrogens (tertiary/aromatic N) is 3. The highest BCUT2D eigenvalue weighted by Gasteiger charge is 2.31. The number of likely N-dealkylation sites (tertiary alicyclic amines) is 2. The van der Waals surface area contributed by atoms with Crippen molar-refractivity contribution in [1.82, 2.24) is 14.8 Å². The average molecular weight is 275 g/mol. The van der Waals surface area contributed by atoms with Gasteiger partial charge in [-0.05, 0) is 44.5 Å². The lowest BCUT2D eigenvalue weighted by molar-refractivity contribution is 0.0779. The summed E-state index contributed by atoms with van der Waals surface area (Å²) in [5, 5.41) is 0. The zero-order chi connectivity index (χ0) is 13.9. The van der Waals surface area contributed by atoms with E-state index >= 15 is 0 Å². The topological polar surface area (TPSA) is 74.5 Å². The van der Waals surface area contributed by atoms with E-state index in [9.17, 15) is 4.79 Å². The van der Waals surface area contributed by atoms with Gasteiger partial charge in [0, 0.05) is 25.3 Å². The van der Waals surface area contributed by atoms with E-state index in [4.69, 9.17) is 5.84 Å².